The lowest BCUT2D eigenvalue weighted by atomic mass is 9.81. The summed E-state index contributed by atoms with van der Waals surface area (Å²) in [5.41, 5.74) is 7.42. The molecule has 2 heterocycles. The van der Waals surface area contributed by atoms with Crippen molar-refractivity contribution in [1.29, 1.82) is 0 Å². The van der Waals surface area contributed by atoms with Gasteiger partial charge in [0.1, 0.15) is 17.1 Å². The van der Waals surface area contributed by atoms with E-state index in [2.05, 4.69) is 11.9 Å². The van der Waals surface area contributed by atoms with Gasteiger partial charge in [0.2, 0.25) is 0 Å². The molecule has 1 unspecified atom stereocenters. The topological polar surface area (TPSA) is 47.7 Å². The monoisotopic (exact) mass is 276 g/mol. The van der Waals surface area contributed by atoms with Crippen LogP contribution in [0.4, 0.5) is 0 Å². The number of piperidine rings is 1. The van der Waals surface area contributed by atoms with E-state index in [1.807, 2.05) is 25.1 Å². The minimum absolute atomic E-state index is 0.0440. The average Bonchev–Trinajstić information content (AvgIpc) is 2.44. The maximum Gasteiger partial charge on any atom is 0.125 e. The highest BCUT2D eigenvalue weighted by Crippen LogP contribution is 2.44. The first kappa shape index (κ1) is 13.7. The van der Waals surface area contributed by atoms with Crippen LogP contribution in [0.15, 0.2) is 18.2 Å². The summed E-state index contributed by atoms with van der Waals surface area (Å²) in [5.74, 6) is 1.82. The third kappa shape index (κ3) is 2.50. The van der Waals surface area contributed by atoms with Crippen molar-refractivity contribution in [3.63, 3.8) is 0 Å². The molecule has 0 radical (unpaired) electrons. The molecular formula is C16H24N2O2. The highest BCUT2D eigenvalue weighted by molar-refractivity contribution is 5.44. The highest BCUT2D eigenvalue weighted by atomic mass is 16.5. The number of likely N-dealkylation sites (tertiary alicyclic amines) is 1. The molecule has 1 spiro atoms. The Balaban J connectivity index is 1.84. The molecule has 110 valence electrons. The lowest BCUT2D eigenvalue weighted by Crippen LogP contribution is -2.50. The molecule has 1 atom stereocenters. The smallest absolute Gasteiger partial charge is 0.125 e. The molecule has 2 N–H and O–H groups in total. The van der Waals surface area contributed by atoms with Crippen molar-refractivity contribution in [2.24, 2.45) is 5.73 Å². The van der Waals surface area contributed by atoms with Crippen LogP contribution in [-0.2, 0) is 0 Å². The minimum atomic E-state index is -0.0634. The number of nitrogens with zero attached hydrogens (tertiary/aromatic N) is 1. The van der Waals surface area contributed by atoms with Crippen molar-refractivity contribution in [1.82, 2.24) is 4.90 Å². The molecule has 0 bridgehead atoms. The Morgan fingerprint density at radius 2 is 2.15 bits per heavy atom. The first-order valence-corrected chi connectivity index (χ1v) is 7.52. The van der Waals surface area contributed by atoms with E-state index in [4.69, 9.17) is 15.2 Å². The van der Waals surface area contributed by atoms with E-state index >= 15 is 0 Å². The van der Waals surface area contributed by atoms with E-state index in [0.29, 0.717) is 6.61 Å². The van der Waals surface area contributed by atoms with Gasteiger partial charge in [-0.2, -0.15) is 0 Å². The lowest BCUT2D eigenvalue weighted by Gasteiger charge is -2.45. The molecule has 20 heavy (non-hydrogen) atoms. The molecule has 1 saturated heterocycles. The van der Waals surface area contributed by atoms with E-state index in [1.165, 1.54) is 0 Å². The van der Waals surface area contributed by atoms with Crippen molar-refractivity contribution < 1.29 is 9.47 Å². The van der Waals surface area contributed by atoms with Gasteiger partial charge in [-0.1, -0.05) is 0 Å². The average molecular weight is 276 g/mol. The number of benzene rings is 1. The molecule has 4 heteroatoms. The predicted molar refractivity (Wildman–Crippen MR) is 79.2 cm³/mol. The first-order valence-electron chi connectivity index (χ1n) is 7.52. The van der Waals surface area contributed by atoms with Gasteiger partial charge >= 0.3 is 0 Å². The quantitative estimate of drug-likeness (QED) is 0.900. The van der Waals surface area contributed by atoms with Crippen molar-refractivity contribution in [3.8, 4) is 11.5 Å². The first-order chi connectivity index (χ1) is 9.62. The van der Waals surface area contributed by atoms with Gasteiger partial charge in [0.15, 0.2) is 0 Å². The van der Waals surface area contributed by atoms with Gasteiger partial charge in [0, 0.05) is 31.1 Å². The molecule has 0 aromatic heterocycles. The van der Waals surface area contributed by atoms with Gasteiger partial charge < -0.3 is 20.1 Å². The Morgan fingerprint density at radius 1 is 1.40 bits per heavy atom. The van der Waals surface area contributed by atoms with Crippen molar-refractivity contribution in [2.75, 3.05) is 26.7 Å². The number of nitrogens with two attached hydrogens (primary N) is 1. The molecule has 0 saturated carbocycles. The van der Waals surface area contributed by atoms with Crippen LogP contribution in [0.1, 0.15) is 37.8 Å². The molecular weight excluding hydrogens is 252 g/mol. The number of fused-ring (bicyclic) bond motifs is 1. The molecule has 2 aliphatic rings. The number of ether oxygens (including phenoxy) is 2. The Bertz CT molecular complexity index is 481. The van der Waals surface area contributed by atoms with Crippen LogP contribution in [0.5, 0.6) is 11.5 Å². The summed E-state index contributed by atoms with van der Waals surface area (Å²) in [5, 5.41) is 0. The van der Waals surface area contributed by atoms with E-state index in [-0.39, 0.29) is 11.6 Å². The lowest BCUT2D eigenvalue weighted by molar-refractivity contribution is -0.0164. The fraction of sp³-hybridized carbons (Fsp3) is 0.625. The molecule has 1 fully saturated rings. The van der Waals surface area contributed by atoms with Crippen LogP contribution in [-0.4, -0.2) is 37.2 Å². The summed E-state index contributed by atoms with van der Waals surface area (Å²) in [6, 6.07) is 6.07. The summed E-state index contributed by atoms with van der Waals surface area (Å²) in [6.07, 6.45) is 3.02. The van der Waals surface area contributed by atoms with Crippen molar-refractivity contribution >= 4 is 0 Å². The van der Waals surface area contributed by atoms with Gasteiger partial charge in [0.25, 0.3) is 0 Å². The Hall–Kier alpha value is -1.26. The van der Waals surface area contributed by atoms with Crippen molar-refractivity contribution in [3.05, 3.63) is 23.8 Å². The van der Waals surface area contributed by atoms with E-state index < -0.39 is 0 Å². The Morgan fingerprint density at radius 3 is 2.85 bits per heavy atom. The molecule has 1 aromatic rings. The van der Waals surface area contributed by atoms with Crippen LogP contribution >= 0.6 is 0 Å². The second-order valence-corrected chi connectivity index (χ2v) is 6.03. The number of hydrogen-bond acceptors (Lipinski definition) is 4. The largest absolute Gasteiger partial charge is 0.494 e. The zero-order chi connectivity index (χ0) is 14.2. The van der Waals surface area contributed by atoms with E-state index in [1.54, 1.807) is 0 Å². The second-order valence-electron chi connectivity index (χ2n) is 6.03. The van der Waals surface area contributed by atoms with Crippen molar-refractivity contribution in [2.45, 2.75) is 37.8 Å². The Labute approximate surface area is 120 Å². The van der Waals surface area contributed by atoms with Crippen LogP contribution < -0.4 is 15.2 Å². The Kier molecular flexibility index (Phi) is 3.61. The maximum absolute atomic E-state index is 6.40. The van der Waals surface area contributed by atoms with E-state index in [0.717, 1.165) is 49.4 Å². The van der Waals surface area contributed by atoms with Gasteiger partial charge in [0.05, 0.1) is 6.61 Å². The van der Waals surface area contributed by atoms with E-state index in [9.17, 15) is 0 Å². The third-order valence-electron chi connectivity index (χ3n) is 4.51. The van der Waals surface area contributed by atoms with Gasteiger partial charge in [-0.05, 0) is 45.0 Å². The number of rotatable bonds is 2. The summed E-state index contributed by atoms with van der Waals surface area (Å²) >= 11 is 0. The zero-order valence-electron chi connectivity index (χ0n) is 12.4. The zero-order valence-corrected chi connectivity index (χ0v) is 12.4. The molecule has 0 amide bonds. The number of hydrogen-bond donors (Lipinski definition) is 1. The summed E-state index contributed by atoms with van der Waals surface area (Å²) in [7, 11) is 2.16. The molecule has 4 nitrogen and oxygen atoms in total. The SMILES string of the molecule is CCOc1ccc2c(c1)C(N)CC1(CCN(C)CC1)O2. The summed E-state index contributed by atoms with van der Waals surface area (Å²) in [6.45, 7) is 4.83. The second kappa shape index (κ2) is 5.26. The normalized spacial score (nSPS) is 25.1. The summed E-state index contributed by atoms with van der Waals surface area (Å²) < 4.78 is 11.9. The minimum Gasteiger partial charge on any atom is -0.494 e. The fourth-order valence-electron chi connectivity index (χ4n) is 3.28. The van der Waals surface area contributed by atoms with Crippen LogP contribution in [0.25, 0.3) is 0 Å². The summed E-state index contributed by atoms with van der Waals surface area (Å²) in [4.78, 5) is 2.35. The van der Waals surface area contributed by atoms with Crippen LogP contribution in [0, 0.1) is 0 Å². The van der Waals surface area contributed by atoms with Crippen LogP contribution in [0.3, 0.4) is 0 Å². The molecule has 0 aliphatic carbocycles. The maximum atomic E-state index is 6.40. The molecule has 1 aromatic carbocycles. The van der Waals surface area contributed by atoms with Gasteiger partial charge in [-0.15, -0.1) is 0 Å². The van der Waals surface area contributed by atoms with Gasteiger partial charge in [-0.25, -0.2) is 0 Å². The predicted octanol–water partition coefficient (Wildman–Crippen LogP) is 2.33. The highest BCUT2D eigenvalue weighted by Gasteiger charge is 2.41. The van der Waals surface area contributed by atoms with Crippen LogP contribution in [0.2, 0.25) is 0 Å². The van der Waals surface area contributed by atoms with Gasteiger partial charge in [-0.3, -0.25) is 0 Å². The standard InChI is InChI=1S/C16H24N2O2/c1-3-19-12-4-5-15-13(10-12)14(17)11-16(20-15)6-8-18(2)9-7-16/h4-5,10,14H,3,6-9,11,17H2,1-2H3. The third-order valence-corrected chi connectivity index (χ3v) is 4.51. The fourth-order valence-corrected chi connectivity index (χ4v) is 3.28. The molecule has 3 rings (SSSR count). The molecule has 2 aliphatic heterocycles.